The third-order valence-corrected chi connectivity index (χ3v) is 7.17. The van der Waals surface area contributed by atoms with Crippen LogP contribution in [0.2, 0.25) is 0 Å². The van der Waals surface area contributed by atoms with Gasteiger partial charge in [-0.25, -0.2) is 0 Å². The number of carbonyl (C=O) groups excluding carboxylic acids is 1. The summed E-state index contributed by atoms with van der Waals surface area (Å²) in [5.74, 6) is 2.17. The summed E-state index contributed by atoms with van der Waals surface area (Å²) in [6.45, 7) is 3.00. The minimum atomic E-state index is -0.0378. The van der Waals surface area contributed by atoms with Gasteiger partial charge in [0.2, 0.25) is 0 Å². The molecule has 0 unspecified atom stereocenters. The average molecular weight is 389 g/mol. The van der Waals surface area contributed by atoms with E-state index in [1.807, 2.05) is 25.2 Å². The van der Waals surface area contributed by atoms with Crippen LogP contribution < -0.4 is 10.6 Å². The maximum Gasteiger partial charge on any atom is 0.251 e. The number of nitrogens with zero attached hydrogens (tertiary/aromatic N) is 2. The van der Waals surface area contributed by atoms with Crippen LogP contribution in [0, 0.1) is 0 Å². The van der Waals surface area contributed by atoms with Crippen LogP contribution in [0.3, 0.4) is 0 Å². The van der Waals surface area contributed by atoms with Crippen LogP contribution in [0.4, 0.5) is 0 Å². The lowest BCUT2D eigenvalue weighted by molar-refractivity contribution is 0.0963. The molecule has 2 fully saturated rings. The van der Waals surface area contributed by atoms with Crippen molar-refractivity contribution < 1.29 is 4.79 Å². The van der Waals surface area contributed by atoms with Crippen LogP contribution in [0.25, 0.3) is 0 Å². The lowest BCUT2D eigenvalue weighted by atomic mass is 9.87. The quantitative estimate of drug-likeness (QED) is 0.615. The van der Waals surface area contributed by atoms with Crippen LogP contribution in [-0.4, -0.2) is 61.0 Å². The van der Waals surface area contributed by atoms with Gasteiger partial charge < -0.3 is 15.5 Å². The fraction of sp³-hybridized carbons (Fsp3) is 0.619. The molecule has 2 aliphatic rings. The van der Waals surface area contributed by atoms with Crippen molar-refractivity contribution >= 4 is 23.6 Å². The maximum atomic E-state index is 11.8. The number of thioether (sulfide) groups is 1. The molecule has 3 rings (SSSR count). The molecule has 1 aromatic rings. The Balaban J connectivity index is 1.54. The molecule has 0 aromatic heterocycles. The number of hydrogen-bond acceptors (Lipinski definition) is 3. The Kier molecular flexibility index (Phi) is 7.05. The van der Waals surface area contributed by atoms with Crippen molar-refractivity contribution in [3.63, 3.8) is 0 Å². The van der Waals surface area contributed by atoms with E-state index in [2.05, 4.69) is 38.4 Å². The molecule has 27 heavy (non-hydrogen) atoms. The van der Waals surface area contributed by atoms with Gasteiger partial charge in [0.15, 0.2) is 5.96 Å². The van der Waals surface area contributed by atoms with E-state index in [1.54, 1.807) is 7.05 Å². The number of carbonyl (C=O) groups is 1. The van der Waals surface area contributed by atoms with E-state index >= 15 is 0 Å². The Morgan fingerprint density at radius 3 is 2.85 bits per heavy atom. The molecular formula is C21H32N4OS. The highest BCUT2D eigenvalue weighted by atomic mass is 32.2. The Labute approximate surface area is 167 Å². The molecule has 0 atom stereocenters. The molecule has 1 aromatic carbocycles. The molecule has 6 heteroatoms. The number of aliphatic imine (C=N–C) groups is 1. The molecule has 1 amide bonds. The molecule has 2 N–H and O–H groups in total. The zero-order valence-corrected chi connectivity index (χ0v) is 17.4. The fourth-order valence-corrected chi connectivity index (χ4v) is 5.76. The second-order valence-electron chi connectivity index (χ2n) is 7.52. The van der Waals surface area contributed by atoms with E-state index in [9.17, 15) is 4.79 Å². The van der Waals surface area contributed by atoms with Crippen molar-refractivity contribution in [1.82, 2.24) is 15.5 Å². The minimum absolute atomic E-state index is 0.0378. The van der Waals surface area contributed by atoms with E-state index in [1.165, 1.54) is 37.9 Å². The van der Waals surface area contributed by atoms with Gasteiger partial charge in [-0.15, -0.1) is 0 Å². The van der Waals surface area contributed by atoms with Crippen LogP contribution in [0.15, 0.2) is 29.3 Å². The Bertz CT molecular complexity index is 664. The number of hydrogen-bond donors (Lipinski definition) is 2. The maximum absolute atomic E-state index is 11.8. The number of guanidine groups is 1. The monoisotopic (exact) mass is 388 g/mol. The first-order valence-electron chi connectivity index (χ1n) is 10.1. The zero-order chi connectivity index (χ0) is 19.1. The van der Waals surface area contributed by atoms with Gasteiger partial charge >= 0.3 is 0 Å². The molecule has 1 saturated heterocycles. The van der Waals surface area contributed by atoms with Gasteiger partial charge in [0.05, 0.1) is 0 Å². The summed E-state index contributed by atoms with van der Waals surface area (Å²) in [4.78, 5) is 18.8. The van der Waals surface area contributed by atoms with Gasteiger partial charge in [0, 0.05) is 49.8 Å². The van der Waals surface area contributed by atoms with E-state index in [0.717, 1.165) is 37.6 Å². The molecule has 0 bridgehead atoms. The number of nitrogens with one attached hydrogen (secondary N) is 2. The molecule has 1 spiro atoms. The molecule has 1 aliphatic heterocycles. The fourth-order valence-electron chi connectivity index (χ4n) is 4.19. The van der Waals surface area contributed by atoms with Gasteiger partial charge in [-0.1, -0.05) is 31.4 Å². The van der Waals surface area contributed by atoms with Gasteiger partial charge in [0.1, 0.15) is 0 Å². The van der Waals surface area contributed by atoms with Gasteiger partial charge in [0.25, 0.3) is 5.91 Å². The average Bonchev–Trinajstić information content (AvgIpc) is 2.71. The van der Waals surface area contributed by atoms with Crippen LogP contribution in [0.1, 0.15) is 48.0 Å². The van der Waals surface area contributed by atoms with Crippen LogP contribution in [-0.2, 0) is 6.42 Å². The first-order valence-corrected chi connectivity index (χ1v) is 11.0. The zero-order valence-electron chi connectivity index (χ0n) is 16.6. The van der Waals surface area contributed by atoms with Crippen molar-refractivity contribution in [2.24, 2.45) is 4.99 Å². The third-order valence-electron chi connectivity index (χ3n) is 5.64. The van der Waals surface area contributed by atoms with Crippen LogP contribution in [0.5, 0.6) is 0 Å². The SMILES string of the molecule is CN=C(NCCc1cccc(C(=O)NC)c1)N1CCSC2(CCCCC2)C1. The molecule has 148 valence electrons. The predicted octanol–water partition coefficient (Wildman–Crippen LogP) is 2.92. The number of amides is 1. The highest BCUT2D eigenvalue weighted by Gasteiger charge is 2.38. The summed E-state index contributed by atoms with van der Waals surface area (Å²) in [7, 11) is 3.54. The Morgan fingerprint density at radius 1 is 1.30 bits per heavy atom. The second-order valence-corrected chi connectivity index (χ2v) is 9.08. The van der Waals surface area contributed by atoms with Gasteiger partial charge in [-0.05, 0) is 37.0 Å². The number of rotatable bonds is 4. The topological polar surface area (TPSA) is 56.7 Å². The summed E-state index contributed by atoms with van der Waals surface area (Å²) >= 11 is 2.18. The molecule has 1 saturated carbocycles. The summed E-state index contributed by atoms with van der Waals surface area (Å²) < 4.78 is 0.440. The van der Waals surface area contributed by atoms with Crippen LogP contribution >= 0.6 is 11.8 Å². The van der Waals surface area contributed by atoms with Crippen molar-refractivity contribution in [1.29, 1.82) is 0 Å². The van der Waals surface area contributed by atoms with E-state index < -0.39 is 0 Å². The Hall–Kier alpha value is -1.69. The lowest BCUT2D eigenvalue weighted by Crippen LogP contribution is -2.53. The lowest BCUT2D eigenvalue weighted by Gasteiger charge is -2.45. The highest BCUT2D eigenvalue weighted by Crippen LogP contribution is 2.42. The normalized spacial score (nSPS) is 19.8. The van der Waals surface area contributed by atoms with E-state index in [0.29, 0.717) is 10.3 Å². The van der Waals surface area contributed by atoms with Crippen molar-refractivity contribution in [2.45, 2.75) is 43.3 Å². The summed E-state index contributed by atoms with van der Waals surface area (Å²) in [6.07, 6.45) is 7.69. The molecule has 0 radical (unpaired) electrons. The minimum Gasteiger partial charge on any atom is -0.356 e. The smallest absolute Gasteiger partial charge is 0.251 e. The standard InChI is InChI=1S/C21H32N4OS/c1-22-19(26)18-8-6-7-17(15-18)9-12-24-20(23-2)25-13-14-27-21(16-25)10-4-3-5-11-21/h6-8,15H,3-5,9-14,16H2,1-2H3,(H,22,26)(H,23,24). The molecule has 1 aliphatic carbocycles. The summed E-state index contributed by atoms with van der Waals surface area (Å²) in [5.41, 5.74) is 1.88. The first-order chi connectivity index (χ1) is 13.2. The van der Waals surface area contributed by atoms with E-state index in [-0.39, 0.29) is 5.91 Å². The summed E-state index contributed by atoms with van der Waals surface area (Å²) in [6, 6.07) is 7.84. The molecule has 1 heterocycles. The van der Waals surface area contributed by atoms with Gasteiger partial charge in [-0.2, -0.15) is 11.8 Å². The van der Waals surface area contributed by atoms with Crippen molar-refractivity contribution in [3.8, 4) is 0 Å². The predicted molar refractivity (Wildman–Crippen MR) is 115 cm³/mol. The van der Waals surface area contributed by atoms with E-state index in [4.69, 9.17) is 0 Å². The molecular weight excluding hydrogens is 356 g/mol. The van der Waals surface area contributed by atoms with Crippen molar-refractivity contribution in [2.75, 3.05) is 39.5 Å². The first kappa shape index (κ1) is 20.1. The number of benzene rings is 1. The van der Waals surface area contributed by atoms with Gasteiger partial charge in [-0.3, -0.25) is 9.79 Å². The largest absolute Gasteiger partial charge is 0.356 e. The summed E-state index contributed by atoms with van der Waals surface area (Å²) in [5, 5.41) is 6.22. The molecule has 5 nitrogen and oxygen atoms in total. The third kappa shape index (κ3) is 5.18. The highest BCUT2D eigenvalue weighted by molar-refractivity contribution is 8.00. The Morgan fingerprint density at radius 2 is 2.11 bits per heavy atom. The second kappa shape index (κ2) is 9.49. The van der Waals surface area contributed by atoms with Crippen molar-refractivity contribution in [3.05, 3.63) is 35.4 Å².